The maximum atomic E-state index is 5.61. The molecule has 11 heavy (non-hydrogen) atoms. The first-order chi connectivity index (χ1) is 5.43. The Kier molecular flexibility index (Phi) is 5.21. The molecule has 1 nitrogen and oxygen atoms in total. The number of hydrogen-bond donors (Lipinski definition) is 0. The molecule has 0 amide bonds. The van der Waals surface area contributed by atoms with Crippen molar-refractivity contribution in [3.8, 4) is 0 Å². The second kappa shape index (κ2) is 6.01. The molecular weight excluding hydrogens is 204 g/mol. The third-order valence-corrected chi connectivity index (χ3v) is 2.74. The van der Waals surface area contributed by atoms with Crippen LogP contribution in [0.25, 0.3) is 0 Å². The minimum Gasteiger partial charge on any atom is -0.378 e. The molecular formula is C9H17BrO. The van der Waals surface area contributed by atoms with Crippen molar-refractivity contribution in [2.45, 2.75) is 44.6 Å². The fourth-order valence-corrected chi connectivity index (χ4v) is 1.56. The number of hydrogen-bond acceptors (Lipinski definition) is 1. The zero-order valence-corrected chi connectivity index (χ0v) is 8.61. The molecule has 0 unspecified atom stereocenters. The lowest BCUT2D eigenvalue weighted by atomic mass is 9.96. The maximum absolute atomic E-state index is 5.61. The van der Waals surface area contributed by atoms with E-state index in [0.29, 0.717) is 6.10 Å². The summed E-state index contributed by atoms with van der Waals surface area (Å²) in [5, 5.41) is 1.14. The molecule has 0 bridgehead atoms. The van der Waals surface area contributed by atoms with Crippen molar-refractivity contribution in [2.24, 2.45) is 0 Å². The highest BCUT2D eigenvalue weighted by atomic mass is 79.9. The Hall–Kier alpha value is 0.440. The van der Waals surface area contributed by atoms with Gasteiger partial charge in [-0.15, -0.1) is 0 Å². The molecule has 0 aromatic rings. The highest BCUT2D eigenvalue weighted by molar-refractivity contribution is 9.09. The van der Waals surface area contributed by atoms with E-state index in [1.807, 2.05) is 0 Å². The Balaban J connectivity index is 1.73. The van der Waals surface area contributed by atoms with E-state index >= 15 is 0 Å². The molecule has 0 N–H and O–H groups in total. The molecule has 66 valence electrons. The van der Waals surface area contributed by atoms with Crippen LogP contribution in [0.15, 0.2) is 0 Å². The smallest absolute Gasteiger partial charge is 0.0575 e. The van der Waals surface area contributed by atoms with Crippen LogP contribution in [0.2, 0.25) is 0 Å². The maximum Gasteiger partial charge on any atom is 0.0575 e. The van der Waals surface area contributed by atoms with E-state index in [4.69, 9.17) is 4.74 Å². The van der Waals surface area contributed by atoms with Gasteiger partial charge in [-0.25, -0.2) is 0 Å². The molecule has 0 spiro atoms. The van der Waals surface area contributed by atoms with Crippen LogP contribution in [-0.2, 0) is 4.74 Å². The Labute approximate surface area is 77.6 Å². The summed E-state index contributed by atoms with van der Waals surface area (Å²) in [7, 11) is 0. The third-order valence-electron chi connectivity index (χ3n) is 2.18. The molecule has 0 aromatic carbocycles. The SMILES string of the molecule is BrCCCCCOC1CCC1. The average Bonchev–Trinajstić information content (AvgIpc) is 1.93. The van der Waals surface area contributed by atoms with Gasteiger partial charge in [0.1, 0.15) is 0 Å². The number of halogens is 1. The van der Waals surface area contributed by atoms with Gasteiger partial charge < -0.3 is 4.74 Å². The lowest BCUT2D eigenvalue weighted by molar-refractivity contribution is 0.000779. The number of unbranched alkanes of at least 4 members (excludes halogenated alkanes) is 2. The molecule has 0 atom stereocenters. The van der Waals surface area contributed by atoms with E-state index in [2.05, 4.69) is 15.9 Å². The summed E-state index contributed by atoms with van der Waals surface area (Å²) in [4.78, 5) is 0. The molecule has 1 rings (SSSR count). The van der Waals surface area contributed by atoms with E-state index in [1.165, 1.54) is 38.5 Å². The number of alkyl halides is 1. The van der Waals surface area contributed by atoms with Crippen molar-refractivity contribution in [2.75, 3.05) is 11.9 Å². The van der Waals surface area contributed by atoms with Crippen molar-refractivity contribution in [3.05, 3.63) is 0 Å². The van der Waals surface area contributed by atoms with Crippen molar-refractivity contribution in [1.29, 1.82) is 0 Å². The summed E-state index contributed by atoms with van der Waals surface area (Å²) in [6.45, 7) is 0.984. The molecule has 1 saturated carbocycles. The number of ether oxygens (including phenoxy) is 1. The minimum absolute atomic E-state index is 0.624. The second-order valence-electron chi connectivity index (χ2n) is 3.17. The fraction of sp³-hybridized carbons (Fsp3) is 1.00. The van der Waals surface area contributed by atoms with Crippen molar-refractivity contribution in [1.82, 2.24) is 0 Å². The fourth-order valence-electron chi connectivity index (χ4n) is 1.16. The Morgan fingerprint density at radius 1 is 1.18 bits per heavy atom. The van der Waals surface area contributed by atoms with Crippen LogP contribution in [0.4, 0.5) is 0 Å². The predicted octanol–water partition coefficient (Wildman–Crippen LogP) is 3.12. The van der Waals surface area contributed by atoms with Gasteiger partial charge in [-0.05, 0) is 32.1 Å². The minimum atomic E-state index is 0.624. The van der Waals surface area contributed by atoms with Gasteiger partial charge in [-0.1, -0.05) is 22.4 Å². The summed E-state index contributed by atoms with van der Waals surface area (Å²) in [5.41, 5.74) is 0. The lowest BCUT2D eigenvalue weighted by Crippen LogP contribution is -2.21. The topological polar surface area (TPSA) is 9.23 Å². The van der Waals surface area contributed by atoms with E-state index in [-0.39, 0.29) is 0 Å². The van der Waals surface area contributed by atoms with Gasteiger partial charge >= 0.3 is 0 Å². The lowest BCUT2D eigenvalue weighted by Gasteiger charge is -2.25. The van der Waals surface area contributed by atoms with Crippen molar-refractivity contribution in [3.63, 3.8) is 0 Å². The highest BCUT2D eigenvalue weighted by Crippen LogP contribution is 2.21. The molecule has 2 heteroatoms. The van der Waals surface area contributed by atoms with E-state index in [1.54, 1.807) is 0 Å². The first-order valence-corrected chi connectivity index (χ1v) is 5.73. The van der Waals surface area contributed by atoms with Gasteiger partial charge in [0, 0.05) is 11.9 Å². The summed E-state index contributed by atoms with van der Waals surface area (Å²) < 4.78 is 5.61. The molecule has 1 aliphatic carbocycles. The van der Waals surface area contributed by atoms with E-state index in [0.717, 1.165) is 11.9 Å². The monoisotopic (exact) mass is 220 g/mol. The van der Waals surface area contributed by atoms with Gasteiger partial charge in [0.25, 0.3) is 0 Å². The largest absolute Gasteiger partial charge is 0.378 e. The Morgan fingerprint density at radius 3 is 2.55 bits per heavy atom. The van der Waals surface area contributed by atoms with Crippen LogP contribution in [0.5, 0.6) is 0 Å². The number of rotatable bonds is 6. The Bertz CT molecular complexity index is 91.6. The molecule has 0 saturated heterocycles. The van der Waals surface area contributed by atoms with Gasteiger partial charge in [0.15, 0.2) is 0 Å². The molecule has 1 aliphatic rings. The van der Waals surface area contributed by atoms with Crippen molar-refractivity contribution >= 4 is 15.9 Å². The standard InChI is InChI=1S/C9H17BrO/c10-7-2-1-3-8-11-9-5-4-6-9/h9H,1-8H2. The molecule has 0 radical (unpaired) electrons. The summed E-state index contributed by atoms with van der Waals surface area (Å²) in [6.07, 6.45) is 8.44. The zero-order chi connectivity index (χ0) is 7.94. The van der Waals surface area contributed by atoms with Gasteiger partial charge in [0.05, 0.1) is 6.10 Å². The first kappa shape index (κ1) is 9.53. The van der Waals surface area contributed by atoms with Crippen LogP contribution < -0.4 is 0 Å². The van der Waals surface area contributed by atoms with Crippen molar-refractivity contribution < 1.29 is 4.74 Å². The van der Waals surface area contributed by atoms with Gasteiger partial charge in [0.2, 0.25) is 0 Å². The van der Waals surface area contributed by atoms with Crippen LogP contribution in [-0.4, -0.2) is 18.0 Å². The Morgan fingerprint density at radius 2 is 2.00 bits per heavy atom. The summed E-state index contributed by atoms with van der Waals surface area (Å²) in [6, 6.07) is 0. The zero-order valence-electron chi connectivity index (χ0n) is 7.02. The third kappa shape index (κ3) is 4.12. The van der Waals surface area contributed by atoms with Crippen LogP contribution in [0.1, 0.15) is 38.5 Å². The molecule has 0 aromatic heterocycles. The van der Waals surface area contributed by atoms with Gasteiger partial charge in [-0.2, -0.15) is 0 Å². The summed E-state index contributed by atoms with van der Waals surface area (Å²) >= 11 is 3.41. The van der Waals surface area contributed by atoms with Crippen LogP contribution in [0, 0.1) is 0 Å². The highest BCUT2D eigenvalue weighted by Gasteiger charge is 2.16. The quantitative estimate of drug-likeness (QED) is 0.494. The molecule has 0 heterocycles. The molecule has 0 aliphatic heterocycles. The predicted molar refractivity (Wildman–Crippen MR) is 51.2 cm³/mol. The van der Waals surface area contributed by atoms with E-state index in [9.17, 15) is 0 Å². The first-order valence-electron chi connectivity index (χ1n) is 4.61. The second-order valence-corrected chi connectivity index (χ2v) is 3.97. The summed E-state index contributed by atoms with van der Waals surface area (Å²) in [5.74, 6) is 0. The van der Waals surface area contributed by atoms with Gasteiger partial charge in [-0.3, -0.25) is 0 Å². The molecule has 1 fully saturated rings. The van der Waals surface area contributed by atoms with E-state index < -0.39 is 0 Å². The van der Waals surface area contributed by atoms with Crippen LogP contribution in [0.3, 0.4) is 0 Å². The normalized spacial score (nSPS) is 18.3. The average molecular weight is 221 g/mol. The van der Waals surface area contributed by atoms with Crippen LogP contribution >= 0.6 is 15.9 Å².